The fourth-order valence-corrected chi connectivity index (χ4v) is 3.37. The van der Waals surface area contributed by atoms with Gasteiger partial charge in [0.1, 0.15) is 6.04 Å². The average molecular weight is 447 g/mol. The SMILES string of the molecule is CCCC(=O)N(Cc1ccc(Cl)cc1)C(C)C(=O)NCCc1ccc(OC)c(OC)c1. The Morgan fingerprint density at radius 2 is 1.68 bits per heavy atom. The smallest absolute Gasteiger partial charge is 0.242 e. The molecule has 0 fully saturated rings. The molecule has 0 aromatic heterocycles. The van der Waals surface area contributed by atoms with Gasteiger partial charge in [0.05, 0.1) is 14.2 Å². The van der Waals surface area contributed by atoms with Gasteiger partial charge in [-0.1, -0.05) is 36.7 Å². The molecule has 0 aliphatic rings. The van der Waals surface area contributed by atoms with Crippen LogP contribution in [0.5, 0.6) is 11.5 Å². The normalized spacial score (nSPS) is 11.5. The largest absolute Gasteiger partial charge is 0.493 e. The molecule has 1 unspecified atom stereocenters. The van der Waals surface area contributed by atoms with Crippen LogP contribution < -0.4 is 14.8 Å². The highest BCUT2D eigenvalue weighted by molar-refractivity contribution is 6.30. The monoisotopic (exact) mass is 446 g/mol. The van der Waals surface area contributed by atoms with Crippen LogP contribution in [0.3, 0.4) is 0 Å². The quantitative estimate of drug-likeness (QED) is 0.560. The zero-order valence-corrected chi connectivity index (χ0v) is 19.4. The van der Waals surface area contributed by atoms with E-state index in [2.05, 4.69) is 5.32 Å². The predicted octanol–water partition coefficient (Wildman–Crippen LogP) is 4.23. The van der Waals surface area contributed by atoms with Gasteiger partial charge in [-0.25, -0.2) is 0 Å². The molecule has 2 aromatic carbocycles. The molecule has 0 aliphatic heterocycles. The van der Waals surface area contributed by atoms with E-state index >= 15 is 0 Å². The van der Waals surface area contributed by atoms with E-state index in [0.29, 0.717) is 42.5 Å². The van der Waals surface area contributed by atoms with Gasteiger partial charge >= 0.3 is 0 Å². The summed E-state index contributed by atoms with van der Waals surface area (Å²) in [5.74, 6) is 1.09. The number of amides is 2. The van der Waals surface area contributed by atoms with Gasteiger partial charge in [-0.3, -0.25) is 9.59 Å². The molecule has 1 N–H and O–H groups in total. The van der Waals surface area contributed by atoms with Crippen molar-refractivity contribution in [3.8, 4) is 11.5 Å². The van der Waals surface area contributed by atoms with Crippen molar-refractivity contribution >= 4 is 23.4 Å². The summed E-state index contributed by atoms with van der Waals surface area (Å²) in [5.41, 5.74) is 1.95. The summed E-state index contributed by atoms with van der Waals surface area (Å²) in [4.78, 5) is 27.1. The van der Waals surface area contributed by atoms with Crippen LogP contribution >= 0.6 is 11.6 Å². The number of ether oxygens (including phenoxy) is 2. The molecule has 0 saturated carbocycles. The van der Waals surface area contributed by atoms with E-state index in [1.807, 2.05) is 37.3 Å². The zero-order chi connectivity index (χ0) is 22.8. The Bertz CT molecular complexity index is 870. The van der Waals surface area contributed by atoms with Crippen molar-refractivity contribution < 1.29 is 19.1 Å². The highest BCUT2D eigenvalue weighted by Gasteiger charge is 2.25. The molecule has 0 aliphatic carbocycles. The minimum absolute atomic E-state index is 0.0417. The second-order valence-electron chi connectivity index (χ2n) is 7.30. The summed E-state index contributed by atoms with van der Waals surface area (Å²) >= 11 is 5.96. The molecule has 2 aromatic rings. The lowest BCUT2D eigenvalue weighted by molar-refractivity contribution is -0.140. The summed E-state index contributed by atoms with van der Waals surface area (Å²) in [7, 11) is 3.18. The number of hydrogen-bond donors (Lipinski definition) is 1. The van der Waals surface area contributed by atoms with Crippen LogP contribution in [-0.2, 0) is 22.6 Å². The first-order valence-electron chi connectivity index (χ1n) is 10.4. The van der Waals surface area contributed by atoms with Crippen molar-refractivity contribution in [2.75, 3.05) is 20.8 Å². The van der Waals surface area contributed by atoms with Crippen molar-refractivity contribution in [3.05, 3.63) is 58.6 Å². The van der Waals surface area contributed by atoms with Crippen molar-refractivity contribution in [1.29, 1.82) is 0 Å². The zero-order valence-electron chi connectivity index (χ0n) is 18.6. The van der Waals surface area contributed by atoms with Crippen LogP contribution in [0.15, 0.2) is 42.5 Å². The first kappa shape index (κ1) is 24.5. The Hall–Kier alpha value is -2.73. The number of rotatable bonds is 11. The Balaban J connectivity index is 2.00. The van der Waals surface area contributed by atoms with Crippen molar-refractivity contribution in [2.45, 2.75) is 45.7 Å². The van der Waals surface area contributed by atoms with Crippen LogP contribution in [0, 0.1) is 0 Å². The molecular weight excluding hydrogens is 416 g/mol. The van der Waals surface area contributed by atoms with Gasteiger partial charge in [-0.2, -0.15) is 0 Å². The predicted molar refractivity (Wildman–Crippen MR) is 123 cm³/mol. The third-order valence-electron chi connectivity index (χ3n) is 5.06. The third kappa shape index (κ3) is 7.17. The highest BCUT2D eigenvalue weighted by atomic mass is 35.5. The highest BCUT2D eigenvalue weighted by Crippen LogP contribution is 2.27. The molecule has 168 valence electrons. The van der Waals surface area contributed by atoms with Crippen LogP contribution in [0.1, 0.15) is 37.8 Å². The molecule has 0 heterocycles. The molecule has 1 atom stereocenters. The molecular formula is C24H31ClN2O4. The second kappa shape index (κ2) is 12.2. The molecule has 0 spiro atoms. The number of carbonyl (C=O) groups excluding carboxylic acids is 2. The molecule has 2 rings (SSSR count). The number of halogens is 1. The first-order chi connectivity index (χ1) is 14.9. The third-order valence-corrected chi connectivity index (χ3v) is 5.31. The van der Waals surface area contributed by atoms with E-state index in [-0.39, 0.29) is 11.8 Å². The molecule has 6 nitrogen and oxygen atoms in total. The van der Waals surface area contributed by atoms with E-state index in [9.17, 15) is 9.59 Å². The molecule has 31 heavy (non-hydrogen) atoms. The van der Waals surface area contributed by atoms with Gasteiger partial charge in [0.15, 0.2) is 11.5 Å². The molecule has 0 saturated heterocycles. The molecule has 0 bridgehead atoms. The standard InChI is InChI=1S/C24H31ClN2O4/c1-5-6-23(28)27(16-19-7-10-20(25)11-8-19)17(2)24(29)26-14-13-18-9-12-21(30-3)22(15-18)31-4/h7-12,15,17H,5-6,13-14,16H2,1-4H3,(H,26,29). The minimum atomic E-state index is -0.583. The lowest BCUT2D eigenvalue weighted by Crippen LogP contribution is -2.47. The minimum Gasteiger partial charge on any atom is -0.493 e. The van der Waals surface area contributed by atoms with Gasteiger partial charge in [0.25, 0.3) is 0 Å². The number of carbonyl (C=O) groups is 2. The summed E-state index contributed by atoms with van der Waals surface area (Å²) < 4.78 is 10.6. The number of nitrogens with one attached hydrogen (secondary N) is 1. The molecule has 7 heteroatoms. The maximum absolute atomic E-state index is 12.8. The van der Waals surface area contributed by atoms with Crippen molar-refractivity contribution in [3.63, 3.8) is 0 Å². The maximum Gasteiger partial charge on any atom is 0.242 e. The van der Waals surface area contributed by atoms with E-state index < -0.39 is 6.04 Å². The van der Waals surface area contributed by atoms with Crippen LogP contribution in [0.25, 0.3) is 0 Å². The van der Waals surface area contributed by atoms with E-state index in [4.69, 9.17) is 21.1 Å². The van der Waals surface area contributed by atoms with Gasteiger partial charge in [-0.15, -0.1) is 0 Å². The Labute approximate surface area is 189 Å². The summed E-state index contributed by atoms with van der Waals surface area (Å²) in [6.07, 6.45) is 1.76. The summed E-state index contributed by atoms with van der Waals surface area (Å²) in [6.45, 7) is 4.52. The van der Waals surface area contributed by atoms with E-state index in [1.54, 1.807) is 38.2 Å². The van der Waals surface area contributed by atoms with E-state index in [1.165, 1.54) is 0 Å². The number of hydrogen-bond acceptors (Lipinski definition) is 4. The second-order valence-corrected chi connectivity index (χ2v) is 7.74. The number of methoxy groups -OCH3 is 2. The van der Waals surface area contributed by atoms with Crippen LogP contribution in [0.2, 0.25) is 5.02 Å². The lowest BCUT2D eigenvalue weighted by atomic mass is 10.1. The number of benzene rings is 2. The molecule has 2 amide bonds. The number of nitrogens with zero attached hydrogens (tertiary/aromatic N) is 1. The Morgan fingerprint density at radius 3 is 2.29 bits per heavy atom. The van der Waals surface area contributed by atoms with Crippen LogP contribution in [0.4, 0.5) is 0 Å². The summed E-state index contributed by atoms with van der Waals surface area (Å²) in [6, 6.07) is 12.4. The van der Waals surface area contributed by atoms with E-state index in [0.717, 1.165) is 17.5 Å². The Kier molecular flexibility index (Phi) is 9.66. The van der Waals surface area contributed by atoms with Gasteiger partial charge in [0.2, 0.25) is 11.8 Å². The average Bonchev–Trinajstić information content (AvgIpc) is 2.78. The van der Waals surface area contributed by atoms with Crippen molar-refractivity contribution in [2.24, 2.45) is 0 Å². The maximum atomic E-state index is 12.8. The first-order valence-corrected chi connectivity index (χ1v) is 10.8. The van der Waals surface area contributed by atoms with Gasteiger partial charge in [0, 0.05) is 24.5 Å². The Morgan fingerprint density at radius 1 is 1.03 bits per heavy atom. The van der Waals surface area contributed by atoms with Gasteiger partial charge < -0.3 is 19.7 Å². The fourth-order valence-electron chi connectivity index (χ4n) is 3.24. The topological polar surface area (TPSA) is 67.9 Å². The lowest BCUT2D eigenvalue weighted by Gasteiger charge is -2.29. The van der Waals surface area contributed by atoms with Crippen LogP contribution in [-0.4, -0.2) is 43.5 Å². The van der Waals surface area contributed by atoms with Crippen molar-refractivity contribution in [1.82, 2.24) is 10.2 Å². The summed E-state index contributed by atoms with van der Waals surface area (Å²) in [5, 5.41) is 3.58. The molecule has 0 radical (unpaired) electrons. The fraction of sp³-hybridized carbons (Fsp3) is 0.417. The van der Waals surface area contributed by atoms with Gasteiger partial charge in [-0.05, 0) is 55.2 Å².